The van der Waals surface area contributed by atoms with Crippen LogP contribution in [0.3, 0.4) is 0 Å². The van der Waals surface area contributed by atoms with E-state index in [1.54, 1.807) is 11.3 Å². The van der Waals surface area contributed by atoms with Crippen molar-refractivity contribution in [3.05, 3.63) is 65.9 Å². The molecule has 0 saturated carbocycles. The second kappa shape index (κ2) is 9.22. The Kier molecular flexibility index (Phi) is 6.01. The monoisotopic (exact) mass is 444 g/mol. The summed E-state index contributed by atoms with van der Waals surface area (Å²) in [6.45, 7) is 2.70. The van der Waals surface area contributed by atoms with Crippen LogP contribution in [0, 0.1) is 0 Å². The lowest BCUT2D eigenvalue weighted by Crippen LogP contribution is -2.39. The van der Waals surface area contributed by atoms with Gasteiger partial charge in [0.15, 0.2) is 0 Å². The van der Waals surface area contributed by atoms with Crippen molar-refractivity contribution in [1.29, 1.82) is 0 Å². The number of thiophene rings is 1. The molecule has 1 saturated heterocycles. The lowest BCUT2D eigenvalue weighted by Gasteiger charge is -2.33. The molecule has 5 rings (SSSR count). The molecule has 0 unspecified atom stereocenters. The highest BCUT2D eigenvalue weighted by Crippen LogP contribution is 2.37. The van der Waals surface area contributed by atoms with Crippen LogP contribution in [-0.4, -0.2) is 53.1 Å². The SMILES string of the molecule is CN(C)Cc1nc(NC2CCN(c3ccccn3)CC2)c2c(-c3ccccc3)csc2n1. The molecule has 164 valence electrons. The number of rotatable bonds is 6. The molecule has 6 nitrogen and oxygen atoms in total. The second-order valence-electron chi connectivity index (χ2n) is 8.52. The van der Waals surface area contributed by atoms with E-state index in [-0.39, 0.29) is 0 Å². The highest BCUT2D eigenvalue weighted by Gasteiger charge is 2.23. The number of hydrogen-bond acceptors (Lipinski definition) is 7. The lowest BCUT2D eigenvalue weighted by atomic mass is 10.0. The van der Waals surface area contributed by atoms with Gasteiger partial charge in [0.05, 0.1) is 11.9 Å². The van der Waals surface area contributed by atoms with Crippen molar-refractivity contribution < 1.29 is 0 Å². The average molecular weight is 445 g/mol. The molecule has 4 aromatic rings. The van der Waals surface area contributed by atoms with Gasteiger partial charge in [0.2, 0.25) is 0 Å². The molecule has 1 aromatic carbocycles. The smallest absolute Gasteiger partial charge is 0.146 e. The highest BCUT2D eigenvalue weighted by molar-refractivity contribution is 7.17. The molecular formula is C25H28N6S. The van der Waals surface area contributed by atoms with E-state index in [1.807, 2.05) is 12.3 Å². The molecule has 0 atom stereocenters. The number of piperidine rings is 1. The molecule has 1 N–H and O–H groups in total. The maximum atomic E-state index is 4.99. The number of pyridine rings is 1. The first-order chi connectivity index (χ1) is 15.7. The summed E-state index contributed by atoms with van der Waals surface area (Å²) < 4.78 is 0. The third kappa shape index (κ3) is 4.45. The Morgan fingerprint density at radius 2 is 1.81 bits per heavy atom. The van der Waals surface area contributed by atoms with Crippen LogP contribution >= 0.6 is 11.3 Å². The molecule has 1 fully saturated rings. The molecule has 0 aliphatic carbocycles. The predicted octanol–water partition coefficient (Wildman–Crippen LogP) is 4.90. The van der Waals surface area contributed by atoms with E-state index >= 15 is 0 Å². The summed E-state index contributed by atoms with van der Waals surface area (Å²) in [7, 11) is 4.11. The zero-order valence-electron chi connectivity index (χ0n) is 18.5. The van der Waals surface area contributed by atoms with Crippen molar-refractivity contribution in [3.8, 4) is 11.1 Å². The summed E-state index contributed by atoms with van der Waals surface area (Å²) in [6, 6.07) is 17.0. The number of nitrogens with zero attached hydrogens (tertiary/aromatic N) is 5. The molecule has 0 bridgehead atoms. The molecular weight excluding hydrogens is 416 g/mol. The Morgan fingerprint density at radius 1 is 1.03 bits per heavy atom. The van der Waals surface area contributed by atoms with Gasteiger partial charge in [-0.05, 0) is 44.6 Å². The van der Waals surface area contributed by atoms with Crippen LogP contribution in [0.1, 0.15) is 18.7 Å². The zero-order valence-corrected chi connectivity index (χ0v) is 19.3. The number of fused-ring (bicyclic) bond motifs is 1. The summed E-state index contributed by atoms with van der Waals surface area (Å²) in [5.41, 5.74) is 2.41. The Balaban J connectivity index is 1.43. The summed E-state index contributed by atoms with van der Waals surface area (Å²) in [5, 5.41) is 7.14. The normalized spacial score (nSPS) is 14.9. The minimum Gasteiger partial charge on any atom is -0.367 e. The molecule has 0 spiro atoms. The van der Waals surface area contributed by atoms with E-state index in [2.05, 4.69) is 82.0 Å². The number of aromatic nitrogens is 3. The molecule has 1 aliphatic rings. The molecule has 0 radical (unpaired) electrons. The fourth-order valence-corrected chi connectivity index (χ4v) is 5.23. The second-order valence-corrected chi connectivity index (χ2v) is 9.37. The van der Waals surface area contributed by atoms with Crippen molar-refractivity contribution >= 4 is 33.2 Å². The fourth-order valence-electron chi connectivity index (χ4n) is 4.26. The average Bonchev–Trinajstić information content (AvgIpc) is 3.25. The summed E-state index contributed by atoms with van der Waals surface area (Å²) in [6.07, 6.45) is 3.97. The van der Waals surface area contributed by atoms with Crippen LogP contribution in [0.5, 0.6) is 0 Å². The number of nitrogens with one attached hydrogen (secondary N) is 1. The zero-order chi connectivity index (χ0) is 21.9. The van der Waals surface area contributed by atoms with Crippen LogP contribution in [0.2, 0.25) is 0 Å². The molecule has 4 heterocycles. The minimum atomic E-state index is 0.379. The van der Waals surface area contributed by atoms with Gasteiger partial charge in [0.25, 0.3) is 0 Å². The van der Waals surface area contributed by atoms with Gasteiger partial charge in [0.1, 0.15) is 22.3 Å². The third-order valence-corrected chi connectivity index (χ3v) is 6.70. The van der Waals surface area contributed by atoms with Gasteiger partial charge in [0, 0.05) is 36.3 Å². The quantitative estimate of drug-likeness (QED) is 0.457. The van der Waals surface area contributed by atoms with Gasteiger partial charge >= 0.3 is 0 Å². The van der Waals surface area contributed by atoms with Crippen LogP contribution in [0.25, 0.3) is 21.3 Å². The Bertz CT molecular complexity index is 1170. The van der Waals surface area contributed by atoms with E-state index in [1.165, 1.54) is 11.1 Å². The number of hydrogen-bond donors (Lipinski definition) is 1. The van der Waals surface area contributed by atoms with Gasteiger partial charge in [-0.15, -0.1) is 11.3 Å². The van der Waals surface area contributed by atoms with Crippen molar-refractivity contribution in [2.75, 3.05) is 37.4 Å². The van der Waals surface area contributed by atoms with Gasteiger partial charge in [-0.2, -0.15) is 0 Å². The first kappa shape index (κ1) is 20.8. The van der Waals surface area contributed by atoms with E-state index in [0.717, 1.165) is 60.2 Å². The van der Waals surface area contributed by atoms with Gasteiger partial charge < -0.3 is 15.1 Å². The van der Waals surface area contributed by atoms with E-state index in [9.17, 15) is 0 Å². The number of benzene rings is 1. The molecule has 32 heavy (non-hydrogen) atoms. The first-order valence-corrected chi connectivity index (χ1v) is 12.0. The van der Waals surface area contributed by atoms with Gasteiger partial charge in [-0.25, -0.2) is 15.0 Å². The van der Waals surface area contributed by atoms with E-state index in [0.29, 0.717) is 6.04 Å². The number of anilines is 2. The highest BCUT2D eigenvalue weighted by atomic mass is 32.1. The van der Waals surface area contributed by atoms with Crippen LogP contribution in [0.4, 0.5) is 11.6 Å². The van der Waals surface area contributed by atoms with Gasteiger partial charge in [-0.3, -0.25) is 0 Å². The van der Waals surface area contributed by atoms with Crippen molar-refractivity contribution in [3.63, 3.8) is 0 Å². The van der Waals surface area contributed by atoms with Crippen molar-refractivity contribution in [1.82, 2.24) is 19.9 Å². The van der Waals surface area contributed by atoms with Crippen molar-refractivity contribution in [2.24, 2.45) is 0 Å². The topological polar surface area (TPSA) is 57.2 Å². The maximum absolute atomic E-state index is 4.99. The molecule has 3 aromatic heterocycles. The molecule has 0 amide bonds. The first-order valence-electron chi connectivity index (χ1n) is 11.1. The Morgan fingerprint density at radius 3 is 2.53 bits per heavy atom. The molecule has 7 heteroatoms. The third-order valence-electron chi connectivity index (χ3n) is 5.83. The fraction of sp³-hybridized carbons (Fsp3) is 0.320. The van der Waals surface area contributed by atoms with E-state index in [4.69, 9.17) is 9.97 Å². The van der Waals surface area contributed by atoms with Crippen LogP contribution in [-0.2, 0) is 6.54 Å². The Hall–Kier alpha value is -3.03. The lowest BCUT2D eigenvalue weighted by molar-refractivity contribution is 0.391. The van der Waals surface area contributed by atoms with Crippen LogP contribution in [0.15, 0.2) is 60.1 Å². The van der Waals surface area contributed by atoms with E-state index < -0.39 is 0 Å². The predicted molar refractivity (Wildman–Crippen MR) is 133 cm³/mol. The largest absolute Gasteiger partial charge is 0.367 e. The Labute approximate surface area is 193 Å². The molecule has 1 aliphatic heterocycles. The maximum Gasteiger partial charge on any atom is 0.146 e. The van der Waals surface area contributed by atoms with Crippen molar-refractivity contribution in [2.45, 2.75) is 25.4 Å². The summed E-state index contributed by atoms with van der Waals surface area (Å²) in [5.74, 6) is 2.88. The summed E-state index contributed by atoms with van der Waals surface area (Å²) in [4.78, 5) is 19.9. The summed E-state index contributed by atoms with van der Waals surface area (Å²) >= 11 is 1.70. The minimum absolute atomic E-state index is 0.379. The standard InChI is InChI=1S/C25H28N6S/c1-30(2)16-21-28-24(23-20(17-32-25(23)29-21)18-8-4-3-5-9-18)27-19-11-14-31(15-12-19)22-10-6-7-13-26-22/h3-10,13,17,19H,11-12,14-16H2,1-2H3,(H,27,28,29). The van der Waals surface area contributed by atoms with Gasteiger partial charge in [-0.1, -0.05) is 36.4 Å². The van der Waals surface area contributed by atoms with Crippen LogP contribution < -0.4 is 10.2 Å².